The number of carboxylic acids is 1. The van der Waals surface area contributed by atoms with Crippen LogP contribution in [0.5, 0.6) is 0 Å². The summed E-state index contributed by atoms with van der Waals surface area (Å²) < 4.78 is 6.58. The average Bonchev–Trinajstić information content (AvgIpc) is 3.07. The minimum atomic E-state index is -0.718. The summed E-state index contributed by atoms with van der Waals surface area (Å²) in [4.78, 5) is 11.1. The molecule has 1 aliphatic heterocycles. The van der Waals surface area contributed by atoms with E-state index in [1.54, 1.807) is 11.8 Å². The monoisotopic (exact) mass is 370 g/mol. The molecule has 1 fully saturated rings. The molecular formula is C22H26O3S. The molecule has 1 unspecified atom stereocenters. The van der Waals surface area contributed by atoms with E-state index in [4.69, 9.17) is 4.74 Å². The molecule has 3 nitrogen and oxygen atoms in total. The first kappa shape index (κ1) is 19.0. The smallest absolute Gasteiger partial charge is 0.306 e. The Labute approximate surface area is 159 Å². The van der Waals surface area contributed by atoms with Crippen LogP contribution in [0.4, 0.5) is 0 Å². The van der Waals surface area contributed by atoms with E-state index in [2.05, 4.69) is 38.1 Å². The standard InChI is InChI=1S/C22H26O3S/c1-16(2)13-17(21(23)24)14-20-15-26-22(25-20,18-9-5-3-6-10-18)19-11-7-4-8-12-19/h3-12,16-17,20H,13-15H2,1-2H3,(H,23,24)/t17-,20?/m1/s1. The highest BCUT2D eigenvalue weighted by molar-refractivity contribution is 8.00. The van der Waals surface area contributed by atoms with E-state index >= 15 is 0 Å². The molecule has 2 atom stereocenters. The second-order valence-electron chi connectivity index (χ2n) is 7.30. The van der Waals surface area contributed by atoms with E-state index in [0.717, 1.165) is 16.9 Å². The van der Waals surface area contributed by atoms with Crippen molar-refractivity contribution in [3.8, 4) is 0 Å². The summed E-state index contributed by atoms with van der Waals surface area (Å²) >= 11 is 1.76. The van der Waals surface area contributed by atoms with E-state index in [1.807, 2.05) is 36.4 Å². The highest BCUT2D eigenvalue weighted by Gasteiger charge is 2.45. The molecule has 138 valence electrons. The number of carbonyl (C=O) groups is 1. The second kappa shape index (κ2) is 8.28. The quantitative estimate of drug-likeness (QED) is 0.731. The van der Waals surface area contributed by atoms with Crippen LogP contribution in [0.15, 0.2) is 60.7 Å². The summed E-state index contributed by atoms with van der Waals surface area (Å²) in [5.74, 6) is 0.0800. The van der Waals surface area contributed by atoms with Crippen molar-refractivity contribution in [2.24, 2.45) is 11.8 Å². The molecule has 3 rings (SSSR count). The van der Waals surface area contributed by atoms with Gasteiger partial charge >= 0.3 is 5.97 Å². The molecule has 0 aliphatic carbocycles. The molecule has 1 aliphatic rings. The van der Waals surface area contributed by atoms with Gasteiger partial charge in [-0.25, -0.2) is 0 Å². The zero-order valence-corrected chi connectivity index (χ0v) is 16.1. The predicted molar refractivity (Wildman–Crippen MR) is 106 cm³/mol. The van der Waals surface area contributed by atoms with Crippen LogP contribution in [-0.4, -0.2) is 22.9 Å². The summed E-state index contributed by atoms with van der Waals surface area (Å²) in [6.07, 6.45) is 1.17. The van der Waals surface area contributed by atoms with Gasteiger partial charge in [0.1, 0.15) is 0 Å². The number of rotatable bonds is 7. The zero-order chi connectivity index (χ0) is 18.6. The normalized spacial score (nSPS) is 20.2. The summed E-state index contributed by atoms with van der Waals surface area (Å²) in [6, 6.07) is 20.5. The van der Waals surface area contributed by atoms with Gasteiger partial charge in [-0.15, -0.1) is 11.8 Å². The third-order valence-electron chi connectivity index (χ3n) is 4.77. The Morgan fingerprint density at radius 2 is 1.65 bits per heavy atom. The van der Waals surface area contributed by atoms with Crippen molar-refractivity contribution < 1.29 is 14.6 Å². The largest absolute Gasteiger partial charge is 0.481 e. The number of hydrogen-bond acceptors (Lipinski definition) is 3. The molecular weight excluding hydrogens is 344 g/mol. The third kappa shape index (κ3) is 4.13. The van der Waals surface area contributed by atoms with Crippen LogP contribution >= 0.6 is 11.8 Å². The van der Waals surface area contributed by atoms with Crippen LogP contribution in [0, 0.1) is 11.8 Å². The molecule has 0 bridgehead atoms. The Balaban J connectivity index is 1.86. The lowest BCUT2D eigenvalue weighted by atomic mass is 9.92. The van der Waals surface area contributed by atoms with E-state index in [1.165, 1.54) is 0 Å². The first-order chi connectivity index (χ1) is 12.5. The fourth-order valence-electron chi connectivity index (χ4n) is 3.60. The van der Waals surface area contributed by atoms with Crippen LogP contribution < -0.4 is 0 Å². The van der Waals surface area contributed by atoms with Gasteiger partial charge in [0.25, 0.3) is 0 Å². The van der Waals surface area contributed by atoms with Crippen LogP contribution in [0.3, 0.4) is 0 Å². The molecule has 26 heavy (non-hydrogen) atoms. The van der Waals surface area contributed by atoms with E-state index in [0.29, 0.717) is 18.8 Å². The maximum Gasteiger partial charge on any atom is 0.306 e. The first-order valence-electron chi connectivity index (χ1n) is 9.17. The van der Waals surface area contributed by atoms with Gasteiger partial charge < -0.3 is 9.84 Å². The summed E-state index contributed by atoms with van der Waals surface area (Å²) in [5, 5.41) is 9.58. The molecule has 0 radical (unpaired) electrons. The number of ether oxygens (including phenoxy) is 1. The number of thioether (sulfide) groups is 1. The highest BCUT2D eigenvalue weighted by atomic mass is 32.2. The van der Waals surface area contributed by atoms with E-state index in [-0.39, 0.29) is 12.0 Å². The molecule has 0 spiro atoms. The van der Waals surface area contributed by atoms with Crippen molar-refractivity contribution in [1.29, 1.82) is 0 Å². The van der Waals surface area contributed by atoms with Crippen LogP contribution in [0.25, 0.3) is 0 Å². The fraction of sp³-hybridized carbons (Fsp3) is 0.409. The Kier molecular flexibility index (Phi) is 6.05. The van der Waals surface area contributed by atoms with Gasteiger partial charge in [-0.1, -0.05) is 74.5 Å². The van der Waals surface area contributed by atoms with Crippen molar-refractivity contribution in [1.82, 2.24) is 0 Å². The maximum atomic E-state index is 11.7. The Morgan fingerprint density at radius 3 is 2.12 bits per heavy atom. The average molecular weight is 371 g/mol. The van der Waals surface area contributed by atoms with E-state index < -0.39 is 10.9 Å². The van der Waals surface area contributed by atoms with Crippen molar-refractivity contribution >= 4 is 17.7 Å². The predicted octanol–water partition coefficient (Wildman–Crippen LogP) is 5.16. The van der Waals surface area contributed by atoms with Crippen LogP contribution in [0.1, 0.15) is 37.8 Å². The third-order valence-corrected chi connectivity index (χ3v) is 6.28. The molecule has 0 amide bonds. The lowest BCUT2D eigenvalue weighted by molar-refractivity contribution is -0.144. The lowest BCUT2D eigenvalue weighted by Crippen LogP contribution is -2.28. The molecule has 0 saturated carbocycles. The van der Waals surface area contributed by atoms with Crippen molar-refractivity contribution in [3.63, 3.8) is 0 Å². The summed E-state index contributed by atoms with van der Waals surface area (Å²) in [6.45, 7) is 4.14. The van der Waals surface area contributed by atoms with Crippen molar-refractivity contribution in [2.75, 3.05) is 5.75 Å². The first-order valence-corrected chi connectivity index (χ1v) is 10.2. The summed E-state index contributed by atoms with van der Waals surface area (Å²) in [7, 11) is 0. The molecule has 1 N–H and O–H groups in total. The number of aliphatic carboxylic acids is 1. The van der Waals surface area contributed by atoms with Crippen LogP contribution in [-0.2, 0) is 14.5 Å². The topological polar surface area (TPSA) is 46.5 Å². The second-order valence-corrected chi connectivity index (χ2v) is 8.50. The molecule has 1 saturated heterocycles. The van der Waals surface area contributed by atoms with Gasteiger partial charge in [-0.05, 0) is 29.9 Å². The van der Waals surface area contributed by atoms with Gasteiger partial charge in [0, 0.05) is 5.75 Å². The van der Waals surface area contributed by atoms with Crippen molar-refractivity contribution in [2.45, 2.75) is 37.7 Å². The Bertz CT molecular complexity index is 675. The van der Waals surface area contributed by atoms with Crippen LogP contribution in [0.2, 0.25) is 0 Å². The van der Waals surface area contributed by atoms with Gasteiger partial charge in [0.2, 0.25) is 0 Å². The number of benzene rings is 2. The molecule has 2 aromatic rings. The fourth-order valence-corrected chi connectivity index (χ4v) is 5.03. The number of hydrogen-bond donors (Lipinski definition) is 1. The van der Waals surface area contributed by atoms with Gasteiger partial charge in [0.05, 0.1) is 12.0 Å². The van der Waals surface area contributed by atoms with Gasteiger partial charge in [0.15, 0.2) is 4.93 Å². The minimum absolute atomic E-state index is 0.0692. The molecule has 4 heteroatoms. The zero-order valence-electron chi connectivity index (χ0n) is 15.3. The minimum Gasteiger partial charge on any atom is -0.481 e. The van der Waals surface area contributed by atoms with Gasteiger partial charge in [-0.3, -0.25) is 4.79 Å². The summed E-state index contributed by atoms with van der Waals surface area (Å²) in [5.41, 5.74) is 2.21. The van der Waals surface area contributed by atoms with E-state index in [9.17, 15) is 9.90 Å². The molecule has 0 aromatic heterocycles. The highest BCUT2D eigenvalue weighted by Crippen LogP contribution is 2.50. The SMILES string of the molecule is CC(C)C[C@H](CC1CSC(c2ccccc2)(c2ccccc2)O1)C(=O)O. The lowest BCUT2D eigenvalue weighted by Gasteiger charge is -2.30. The van der Waals surface area contributed by atoms with Gasteiger partial charge in [-0.2, -0.15) is 0 Å². The number of carboxylic acid groups (broad SMARTS) is 1. The van der Waals surface area contributed by atoms with Crippen molar-refractivity contribution in [3.05, 3.63) is 71.8 Å². The molecule has 1 heterocycles. The Morgan fingerprint density at radius 1 is 1.12 bits per heavy atom. The molecule has 2 aromatic carbocycles. The Hall–Kier alpha value is -1.78. The maximum absolute atomic E-state index is 11.7.